The number of amides is 1. The average molecular weight is 362 g/mol. The number of carbonyl (C=O) groups is 1. The summed E-state index contributed by atoms with van der Waals surface area (Å²) in [6, 6.07) is 7.98. The van der Waals surface area contributed by atoms with Gasteiger partial charge in [0.05, 0.1) is 13.2 Å². The number of halogens is 1. The minimum Gasteiger partial charge on any atom is -0.378 e. The molecular formula is C19H27FN4O2. The number of rotatable bonds is 10. The topological polar surface area (TPSA) is 59.4 Å². The van der Waals surface area contributed by atoms with E-state index in [4.69, 9.17) is 4.74 Å². The summed E-state index contributed by atoms with van der Waals surface area (Å²) >= 11 is 0. The van der Waals surface area contributed by atoms with Gasteiger partial charge < -0.3 is 15.0 Å². The zero-order chi connectivity index (χ0) is 18.9. The summed E-state index contributed by atoms with van der Waals surface area (Å²) in [6.45, 7) is 10.4. The van der Waals surface area contributed by atoms with E-state index in [0.29, 0.717) is 31.1 Å². The minimum absolute atomic E-state index is 0.258. The molecule has 7 heteroatoms. The van der Waals surface area contributed by atoms with Crippen LogP contribution in [-0.2, 0) is 4.74 Å². The van der Waals surface area contributed by atoms with Crippen LogP contribution in [0.4, 0.5) is 4.39 Å². The Morgan fingerprint density at radius 3 is 2.69 bits per heavy atom. The minimum atomic E-state index is -0.382. The van der Waals surface area contributed by atoms with Crippen LogP contribution >= 0.6 is 0 Å². The molecule has 0 aliphatic heterocycles. The van der Waals surface area contributed by atoms with Crippen molar-refractivity contribution in [1.82, 2.24) is 20.0 Å². The largest absolute Gasteiger partial charge is 0.378 e. The lowest BCUT2D eigenvalue weighted by molar-refractivity contribution is 0.0880. The molecule has 1 aromatic carbocycles. The maximum absolute atomic E-state index is 13.9. The van der Waals surface area contributed by atoms with Crippen molar-refractivity contribution in [2.45, 2.75) is 20.8 Å². The van der Waals surface area contributed by atoms with E-state index >= 15 is 0 Å². The smallest absolute Gasteiger partial charge is 0.271 e. The zero-order valence-electron chi connectivity index (χ0n) is 15.7. The molecule has 142 valence electrons. The highest BCUT2D eigenvalue weighted by molar-refractivity contribution is 5.92. The van der Waals surface area contributed by atoms with E-state index in [2.05, 4.69) is 29.2 Å². The fourth-order valence-corrected chi connectivity index (χ4v) is 2.62. The molecule has 1 heterocycles. The van der Waals surface area contributed by atoms with Crippen LogP contribution in [0, 0.1) is 12.7 Å². The SMILES string of the molecule is CCN(CC)CCOCCNC(=O)c1cc(C)n(-c2ccccc2F)n1. The van der Waals surface area contributed by atoms with E-state index in [-0.39, 0.29) is 17.4 Å². The van der Waals surface area contributed by atoms with Gasteiger partial charge in [-0.25, -0.2) is 9.07 Å². The van der Waals surface area contributed by atoms with Gasteiger partial charge in [0.2, 0.25) is 0 Å². The van der Waals surface area contributed by atoms with Crippen molar-refractivity contribution in [3.8, 4) is 5.69 Å². The molecule has 0 unspecified atom stereocenters. The Hall–Kier alpha value is -2.25. The second-order valence-corrected chi connectivity index (χ2v) is 5.93. The summed E-state index contributed by atoms with van der Waals surface area (Å²) < 4.78 is 20.9. The fraction of sp³-hybridized carbons (Fsp3) is 0.474. The van der Waals surface area contributed by atoms with E-state index in [1.165, 1.54) is 10.7 Å². The molecule has 0 atom stereocenters. The first-order chi connectivity index (χ1) is 12.6. The zero-order valence-corrected chi connectivity index (χ0v) is 15.7. The second kappa shape index (κ2) is 10.0. The first-order valence-electron chi connectivity index (χ1n) is 8.96. The number of ether oxygens (including phenoxy) is 1. The van der Waals surface area contributed by atoms with Gasteiger partial charge in [0, 0.05) is 18.8 Å². The highest BCUT2D eigenvalue weighted by Gasteiger charge is 2.14. The Kier molecular flexibility index (Phi) is 7.74. The highest BCUT2D eigenvalue weighted by atomic mass is 19.1. The van der Waals surface area contributed by atoms with E-state index in [1.807, 2.05) is 0 Å². The summed E-state index contributed by atoms with van der Waals surface area (Å²) in [5.41, 5.74) is 1.27. The predicted octanol–water partition coefficient (Wildman–Crippen LogP) is 2.41. The Labute approximate surface area is 153 Å². The van der Waals surface area contributed by atoms with Gasteiger partial charge in [-0.2, -0.15) is 5.10 Å². The summed E-state index contributed by atoms with van der Waals surface area (Å²) in [7, 11) is 0. The maximum atomic E-state index is 13.9. The molecule has 0 saturated carbocycles. The molecule has 0 radical (unpaired) electrons. The monoisotopic (exact) mass is 362 g/mol. The molecule has 26 heavy (non-hydrogen) atoms. The molecule has 2 rings (SSSR count). The van der Waals surface area contributed by atoms with Crippen molar-refractivity contribution in [2.75, 3.05) is 39.4 Å². The lowest BCUT2D eigenvalue weighted by atomic mass is 10.3. The molecule has 0 bridgehead atoms. The third kappa shape index (κ3) is 5.37. The number of nitrogens with zero attached hydrogens (tertiary/aromatic N) is 3. The van der Waals surface area contributed by atoms with Gasteiger partial charge >= 0.3 is 0 Å². The van der Waals surface area contributed by atoms with Crippen LogP contribution in [0.1, 0.15) is 30.0 Å². The molecule has 1 amide bonds. The van der Waals surface area contributed by atoms with Crippen LogP contribution in [0.15, 0.2) is 30.3 Å². The molecule has 0 aliphatic rings. The molecule has 0 saturated heterocycles. The lowest BCUT2D eigenvalue weighted by Gasteiger charge is -2.17. The third-order valence-corrected chi connectivity index (χ3v) is 4.18. The van der Waals surface area contributed by atoms with Gasteiger partial charge in [-0.05, 0) is 38.2 Å². The summed E-state index contributed by atoms with van der Waals surface area (Å²) in [5.74, 6) is -0.678. The van der Waals surface area contributed by atoms with Gasteiger partial charge in [-0.15, -0.1) is 0 Å². The Bertz CT molecular complexity index is 713. The quantitative estimate of drug-likeness (QED) is 0.660. The Balaban J connectivity index is 1.82. The number of hydrogen-bond donors (Lipinski definition) is 1. The van der Waals surface area contributed by atoms with E-state index < -0.39 is 0 Å². The fourth-order valence-electron chi connectivity index (χ4n) is 2.62. The molecule has 6 nitrogen and oxygen atoms in total. The first kappa shape index (κ1) is 20.1. The van der Waals surface area contributed by atoms with Crippen LogP contribution in [0.5, 0.6) is 0 Å². The number of likely N-dealkylation sites (N-methyl/N-ethyl adjacent to an activating group) is 1. The summed E-state index contributed by atoms with van der Waals surface area (Å²) in [4.78, 5) is 14.5. The van der Waals surface area contributed by atoms with E-state index in [0.717, 1.165) is 19.6 Å². The highest BCUT2D eigenvalue weighted by Crippen LogP contribution is 2.15. The molecule has 1 aromatic heterocycles. The van der Waals surface area contributed by atoms with Gasteiger partial charge in [-0.1, -0.05) is 26.0 Å². The molecule has 2 aromatic rings. The number of aryl methyl sites for hydroxylation is 1. The summed E-state index contributed by atoms with van der Waals surface area (Å²) in [6.07, 6.45) is 0. The predicted molar refractivity (Wildman–Crippen MR) is 99.2 cm³/mol. The first-order valence-corrected chi connectivity index (χ1v) is 8.96. The van der Waals surface area contributed by atoms with Crippen molar-refractivity contribution < 1.29 is 13.9 Å². The molecular weight excluding hydrogens is 335 g/mol. The normalized spacial score (nSPS) is 11.1. The van der Waals surface area contributed by atoms with Crippen molar-refractivity contribution in [3.05, 3.63) is 47.5 Å². The Morgan fingerprint density at radius 2 is 2.00 bits per heavy atom. The number of nitrogens with one attached hydrogen (secondary N) is 1. The van der Waals surface area contributed by atoms with Crippen LogP contribution in [0.3, 0.4) is 0 Å². The van der Waals surface area contributed by atoms with Crippen LogP contribution < -0.4 is 5.32 Å². The van der Waals surface area contributed by atoms with Crippen molar-refractivity contribution in [1.29, 1.82) is 0 Å². The molecule has 0 aliphatic carbocycles. The van der Waals surface area contributed by atoms with E-state index in [1.54, 1.807) is 31.2 Å². The molecule has 1 N–H and O–H groups in total. The number of aromatic nitrogens is 2. The number of hydrogen-bond acceptors (Lipinski definition) is 4. The third-order valence-electron chi connectivity index (χ3n) is 4.18. The number of benzene rings is 1. The van der Waals surface area contributed by atoms with Gasteiger partial charge in [0.15, 0.2) is 5.69 Å². The van der Waals surface area contributed by atoms with E-state index in [9.17, 15) is 9.18 Å². The van der Waals surface area contributed by atoms with Gasteiger partial charge in [-0.3, -0.25) is 4.79 Å². The Morgan fingerprint density at radius 1 is 1.27 bits per heavy atom. The number of carbonyl (C=O) groups excluding carboxylic acids is 1. The molecule has 0 fully saturated rings. The average Bonchev–Trinajstić information content (AvgIpc) is 3.03. The van der Waals surface area contributed by atoms with Crippen molar-refractivity contribution in [2.24, 2.45) is 0 Å². The molecule has 0 spiro atoms. The summed E-state index contributed by atoms with van der Waals surface area (Å²) in [5, 5.41) is 6.99. The van der Waals surface area contributed by atoms with Crippen molar-refractivity contribution in [3.63, 3.8) is 0 Å². The van der Waals surface area contributed by atoms with Crippen LogP contribution in [0.25, 0.3) is 5.69 Å². The lowest BCUT2D eigenvalue weighted by Crippen LogP contribution is -2.30. The van der Waals surface area contributed by atoms with Gasteiger partial charge in [0.25, 0.3) is 5.91 Å². The van der Waals surface area contributed by atoms with Gasteiger partial charge in [0.1, 0.15) is 11.5 Å². The van der Waals surface area contributed by atoms with Crippen LogP contribution in [0.2, 0.25) is 0 Å². The second-order valence-electron chi connectivity index (χ2n) is 5.93. The number of para-hydroxylation sites is 1. The van der Waals surface area contributed by atoms with Crippen molar-refractivity contribution >= 4 is 5.91 Å². The standard InChI is InChI=1S/C19H27FN4O2/c1-4-23(5-2)11-13-26-12-10-21-19(25)17-14-15(3)24(22-17)18-9-7-6-8-16(18)20/h6-9,14H,4-5,10-13H2,1-3H3,(H,21,25). The van der Waals surface area contributed by atoms with Crippen LogP contribution in [-0.4, -0.2) is 60.0 Å². The maximum Gasteiger partial charge on any atom is 0.271 e.